The van der Waals surface area contributed by atoms with Gasteiger partial charge in [0, 0.05) is 0 Å². The number of carbonyl (C=O) groups excluding carboxylic acids is 1. The molecule has 1 fully saturated rings. The Labute approximate surface area is 127 Å². The van der Waals surface area contributed by atoms with Crippen LogP contribution >= 0.6 is 23.2 Å². The van der Waals surface area contributed by atoms with Crippen LogP contribution in [0.2, 0.25) is 0 Å². The Morgan fingerprint density at radius 3 is 2.70 bits per heavy atom. The van der Waals surface area contributed by atoms with Gasteiger partial charge >= 0.3 is 0 Å². The van der Waals surface area contributed by atoms with Crippen molar-refractivity contribution < 1.29 is 14.3 Å². The second-order valence-corrected chi connectivity index (χ2v) is 6.90. The molecule has 0 saturated heterocycles. The molecule has 1 amide bonds. The first kappa shape index (κ1) is 13.8. The zero-order chi connectivity index (χ0) is 14.4. The van der Waals surface area contributed by atoms with E-state index in [2.05, 4.69) is 5.32 Å². The molecule has 1 aliphatic carbocycles. The van der Waals surface area contributed by atoms with Crippen molar-refractivity contribution in [3.63, 3.8) is 0 Å². The highest BCUT2D eigenvalue weighted by Crippen LogP contribution is 2.63. The molecule has 1 saturated carbocycles. The van der Waals surface area contributed by atoms with E-state index in [9.17, 15) is 4.79 Å². The van der Waals surface area contributed by atoms with E-state index < -0.39 is 9.75 Å². The number of carbonyl (C=O) groups is 1. The Balaban J connectivity index is 1.55. The topological polar surface area (TPSA) is 47.6 Å². The summed E-state index contributed by atoms with van der Waals surface area (Å²) in [5.74, 6) is 1.27. The van der Waals surface area contributed by atoms with Crippen LogP contribution in [0.15, 0.2) is 24.3 Å². The van der Waals surface area contributed by atoms with Crippen LogP contribution in [0.3, 0.4) is 0 Å². The van der Waals surface area contributed by atoms with E-state index >= 15 is 0 Å². The van der Waals surface area contributed by atoms with E-state index in [1.165, 1.54) is 0 Å². The van der Waals surface area contributed by atoms with Gasteiger partial charge in [0.05, 0.1) is 12.0 Å². The van der Waals surface area contributed by atoms with Gasteiger partial charge in [0.15, 0.2) is 11.5 Å². The SMILES string of the molecule is CC1(C(=O)NCC2COc3ccccc3O2)CC1(Cl)Cl. The fourth-order valence-corrected chi connectivity index (χ4v) is 2.92. The molecule has 2 unspecified atom stereocenters. The summed E-state index contributed by atoms with van der Waals surface area (Å²) >= 11 is 12.0. The van der Waals surface area contributed by atoms with Crippen molar-refractivity contribution >= 4 is 29.1 Å². The molecule has 1 N–H and O–H groups in total. The van der Waals surface area contributed by atoms with Crippen LogP contribution in [0, 0.1) is 5.41 Å². The van der Waals surface area contributed by atoms with Gasteiger partial charge in [0.2, 0.25) is 5.91 Å². The molecule has 0 radical (unpaired) electrons. The summed E-state index contributed by atoms with van der Waals surface area (Å²) in [7, 11) is 0. The van der Waals surface area contributed by atoms with Gasteiger partial charge in [-0.1, -0.05) is 12.1 Å². The maximum atomic E-state index is 12.1. The molecule has 3 rings (SSSR count). The lowest BCUT2D eigenvalue weighted by molar-refractivity contribution is -0.126. The van der Waals surface area contributed by atoms with Crippen molar-refractivity contribution in [2.75, 3.05) is 13.2 Å². The molecule has 20 heavy (non-hydrogen) atoms. The summed E-state index contributed by atoms with van der Waals surface area (Å²) in [4.78, 5) is 12.1. The molecule has 0 aromatic heterocycles. The van der Waals surface area contributed by atoms with E-state index in [1.54, 1.807) is 6.92 Å². The number of hydrogen-bond acceptors (Lipinski definition) is 3. The predicted octanol–water partition coefficient (Wildman–Crippen LogP) is 2.53. The van der Waals surface area contributed by atoms with Crippen molar-refractivity contribution in [2.24, 2.45) is 5.41 Å². The Morgan fingerprint density at radius 1 is 1.40 bits per heavy atom. The van der Waals surface area contributed by atoms with Crippen molar-refractivity contribution in [2.45, 2.75) is 23.8 Å². The third-order valence-electron chi connectivity index (χ3n) is 3.82. The average Bonchev–Trinajstić information content (AvgIpc) is 2.96. The summed E-state index contributed by atoms with van der Waals surface area (Å²) < 4.78 is 10.4. The molecule has 108 valence electrons. The standard InChI is InChI=1S/C14H15Cl2NO3/c1-13(8-14(13,15)16)12(18)17-6-9-7-19-10-4-2-3-5-11(10)20-9/h2-5,9H,6-8H2,1H3,(H,17,18). The minimum Gasteiger partial charge on any atom is -0.486 e. The molecule has 1 heterocycles. The first-order valence-corrected chi connectivity index (χ1v) is 7.23. The van der Waals surface area contributed by atoms with Gasteiger partial charge in [-0.15, -0.1) is 23.2 Å². The molecular weight excluding hydrogens is 301 g/mol. The molecule has 2 aliphatic rings. The smallest absolute Gasteiger partial charge is 0.229 e. The van der Waals surface area contributed by atoms with Crippen LogP contribution in [-0.2, 0) is 4.79 Å². The van der Waals surface area contributed by atoms with Crippen LogP contribution in [-0.4, -0.2) is 29.5 Å². The quantitative estimate of drug-likeness (QED) is 0.872. The van der Waals surface area contributed by atoms with E-state index in [0.717, 1.165) is 5.75 Å². The van der Waals surface area contributed by atoms with Crippen molar-refractivity contribution in [3.8, 4) is 11.5 Å². The molecule has 0 spiro atoms. The highest BCUT2D eigenvalue weighted by Gasteiger charge is 2.67. The first-order chi connectivity index (χ1) is 9.42. The normalized spacial score (nSPS) is 29.6. The van der Waals surface area contributed by atoms with E-state index in [1.807, 2.05) is 24.3 Å². The van der Waals surface area contributed by atoms with Crippen molar-refractivity contribution in [1.82, 2.24) is 5.32 Å². The highest BCUT2D eigenvalue weighted by atomic mass is 35.5. The summed E-state index contributed by atoms with van der Waals surface area (Å²) in [5, 5.41) is 2.83. The number of para-hydroxylation sites is 2. The minimum atomic E-state index is -0.951. The van der Waals surface area contributed by atoms with Gasteiger partial charge in [-0.2, -0.15) is 0 Å². The number of hydrogen-bond donors (Lipinski definition) is 1. The zero-order valence-corrected chi connectivity index (χ0v) is 12.5. The molecule has 1 aromatic carbocycles. The molecule has 1 aliphatic heterocycles. The number of benzene rings is 1. The second-order valence-electron chi connectivity index (χ2n) is 5.42. The van der Waals surface area contributed by atoms with Gasteiger partial charge < -0.3 is 14.8 Å². The lowest BCUT2D eigenvalue weighted by atomic mass is 10.1. The van der Waals surface area contributed by atoms with Crippen LogP contribution in [0.5, 0.6) is 11.5 Å². The Kier molecular flexibility index (Phi) is 3.26. The number of alkyl halides is 2. The van der Waals surface area contributed by atoms with Gasteiger partial charge in [-0.3, -0.25) is 4.79 Å². The maximum Gasteiger partial charge on any atom is 0.229 e. The summed E-state index contributed by atoms with van der Waals surface area (Å²) in [5.41, 5.74) is -0.705. The van der Waals surface area contributed by atoms with Crippen LogP contribution in [0.4, 0.5) is 0 Å². The van der Waals surface area contributed by atoms with Crippen LogP contribution in [0.25, 0.3) is 0 Å². The minimum absolute atomic E-state index is 0.148. The number of amides is 1. The zero-order valence-electron chi connectivity index (χ0n) is 11.0. The second kappa shape index (κ2) is 4.71. The van der Waals surface area contributed by atoms with Crippen molar-refractivity contribution in [1.29, 1.82) is 0 Å². The van der Waals surface area contributed by atoms with Gasteiger partial charge in [-0.05, 0) is 25.5 Å². The fourth-order valence-electron chi connectivity index (χ4n) is 2.21. The number of nitrogens with one attached hydrogen (secondary N) is 1. The Morgan fingerprint density at radius 2 is 2.05 bits per heavy atom. The molecule has 2 atom stereocenters. The van der Waals surface area contributed by atoms with Crippen LogP contribution in [0.1, 0.15) is 13.3 Å². The van der Waals surface area contributed by atoms with Gasteiger partial charge in [0.25, 0.3) is 0 Å². The average molecular weight is 316 g/mol. The van der Waals surface area contributed by atoms with Crippen LogP contribution < -0.4 is 14.8 Å². The van der Waals surface area contributed by atoms with E-state index in [-0.39, 0.29) is 12.0 Å². The molecule has 4 nitrogen and oxygen atoms in total. The fraction of sp³-hybridized carbons (Fsp3) is 0.500. The molecule has 6 heteroatoms. The Bertz CT molecular complexity index is 549. The summed E-state index contributed by atoms with van der Waals surface area (Å²) in [6.45, 7) is 2.53. The molecular formula is C14H15Cl2NO3. The summed E-state index contributed by atoms with van der Waals surface area (Å²) in [6, 6.07) is 7.46. The van der Waals surface area contributed by atoms with Crippen molar-refractivity contribution in [3.05, 3.63) is 24.3 Å². The lowest BCUT2D eigenvalue weighted by Crippen LogP contribution is -2.43. The van der Waals surface area contributed by atoms with E-state index in [0.29, 0.717) is 25.3 Å². The third kappa shape index (κ3) is 2.31. The number of ether oxygens (including phenoxy) is 2. The number of fused-ring (bicyclic) bond motifs is 1. The lowest BCUT2D eigenvalue weighted by Gasteiger charge is -2.27. The first-order valence-electron chi connectivity index (χ1n) is 6.47. The maximum absolute atomic E-state index is 12.1. The monoisotopic (exact) mass is 315 g/mol. The Hall–Kier alpha value is -1.13. The summed E-state index contributed by atoms with van der Waals surface area (Å²) in [6.07, 6.45) is 0.260. The van der Waals surface area contributed by atoms with Gasteiger partial charge in [0.1, 0.15) is 17.0 Å². The number of halogens is 2. The van der Waals surface area contributed by atoms with Gasteiger partial charge in [-0.25, -0.2) is 0 Å². The highest BCUT2D eigenvalue weighted by molar-refractivity contribution is 6.53. The molecule has 0 bridgehead atoms. The number of rotatable bonds is 3. The molecule has 1 aromatic rings. The van der Waals surface area contributed by atoms with E-state index in [4.69, 9.17) is 32.7 Å². The largest absolute Gasteiger partial charge is 0.486 e. The predicted molar refractivity (Wildman–Crippen MR) is 76.5 cm³/mol. The third-order valence-corrected chi connectivity index (χ3v) is 4.92.